The van der Waals surface area contributed by atoms with Crippen LogP contribution in [0.2, 0.25) is 0 Å². The molecule has 2 atom stereocenters. The van der Waals surface area contributed by atoms with Crippen LogP contribution in [-0.2, 0) is 16.0 Å². The van der Waals surface area contributed by atoms with Crippen molar-refractivity contribution in [2.45, 2.75) is 25.5 Å². The maximum atomic E-state index is 10.7. The molecule has 0 saturated carbocycles. The van der Waals surface area contributed by atoms with Gasteiger partial charge in [0.2, 0.25) is 0 Å². The first kappa shape index (κ1) is 12.1. The van der Waals surface area contributed by atoms with Crippen molar-refractivity contribution in [2.75, 3.05) is 13.2 Å². The van der Waals surface area contributed by atoms with Gasteiger partial charge in [-0.2, -0.15) is 0 Å². The van der Waals surface area contributed by atoms with Gasteiger partial charge in [-0.05, 0) is 24.5 Å². The van der Waals surface area contributed by atoms with E-state index in [9.17, 15) is 4.79 Å². The molecular weight excluding hydrogens is 218 g/mol. The van der Waals surface area contributed by atoms with Crippen LogP contribution < -0.4 is 5.32 Å². The fourth-order valence-electron chi connectivity index (χ4n) is 2.02. The average Bonchev–Trinajstić information content (AvgIpc) is 2.35. The largest absolute Gasteiger partial charge is 0.480 e. The van der Waals surface area contributed by atoms with E-state index in [2.05, 4.69) is 11.4 Å². The topological polar surface area (TPSA) is 58.6 Å². The second-order valence-electron chi connectivity index (χ2n) is 4.28. The molecule has 0 radical (unpaired) electrons. The second kappa shape index (κ2) is 5.29. The Balaban J connectivity index is 2.01. The van der Waals surface area contributed by atoms with Crippen LogP contribution in [0.5, 0.6) is 0 Å². The van der Waals surface area contributed by atoms with E-state index in [1.54, 1.807) is 6.92 Å². The molecule has 0 spiro atoms. The number of nitrogens with one attached hydrogen (secondary N) is 1. The molecule has 4 heteroatoms. The molecule has 1 unspecified atom stereocenters. The van der Waals surface area contributed by atoms with Gasteiger partial charge in [0.05, 0.1) is 12.7 Å². The smallest absolute Gasteiger partial charge is 0.320 e. The van der Waals surface area contributed by atoms with Gasteiger partial charge >= 0.3 is 5.97 Å². The van der Waals surface area contributed by atoms with Crippen molar-refractivity contribution in [2.24, 2.45) is 0 Å². The summed E-state index contributed by atoms with van der Waals surface area (Å²) in [4.78, 5) is 10.7. The molecule has 1 heterocycles. The van der Waals surface area contributed by atoms with Gasteiger partial charge in [0.15, 0.2) is 0 Å². The molecule has 1 aliphatic rings. The first-order chi connectivity index (χ1) is 8.18. The molecule has 92 valence electrons. The van der Waals surface area contributed by atoms with E-state index >= 15 is 0 Å². The van der Waals surface area contributed by atoms with Gasteiger partial charge in [-0.15, -0.1) is 0 Å². The van der Waals surface area contributed by atoms with Crippen LogP contribution in [0.1, 0.15) is 24.2 Å². The normalized spacial score (nSPS) is 20.6. The lowest BCUT2D eigenvalue weighted by Gasteiger charge is -2.27. The molecule has 2 N–H and O–H groups in total. The van der Waals surface area contributed by atoms with E-state index in [0.717, 1.165) is 6.42 Å². The van der Waals surface area contributed by atoms with Crippen LogP contribution in [0.15, 0.2) is 24.3 Å². The Labute approximate surface area is 101 Å². The van der Waals surface area contributed by atoms with Crippen LogP contribution in [0, 0.1) is 0 Å². The highest BCUT2D eigenvalue weighted by Gasteiger charge is 2.21. The summed E-state index contributed by atoms with van der Waals surface area (Å²) in [5.41, 5.74) is 2.47. The van der Waals surface area contributed by atoms with E-state index in [0.29, 0.717) is 13.2 Å². The molecule has 0 aliphatic carbocycles. The zero-order valence-electron chi connectivity index (χ0n) is 9.85. The Morgan fingerprint density at radius 3 is 3.12 bits per heavy atom. The highest BCUT2D eigenvalue weighted by Crippen LogP contribution is 2.26. The molecule has 4 nitrogen and oxygen atoms in total. The monoisotopic (exact) mass is 235 g/mol. The number of hydrogen-bond acceptors (Lipinski definition) is 3. The van der Waals surface area contributed by atoms with Crippen LogP contribution in [0.25, 0.3) is 0 Å². The first-order valence-electron chi connectivity index (χ1n) is 5.84. The fourth-order valence-corrected chi connectivity index (χ4v) is 2.02. The Kier molecular flexibility index (Phi) is 3.76. The molecule has 0 fully saturated rings. The van der Waals surface area contributed by atoms with Crippen molar-refractivity contribution >= 4 is 5.97 Å². The number of carboxylic acid groups (broad SMARTS) is 1. The third-order valence-corrected chi connectivity index (χ3v) is 3.07. The number of rotatable bonds is 4. The van der Waals surface area contributed by atoms with Gasteiger partial charge in [-0.3, -0.25) is 4.79 Å². The summed E-state index contributed by atoms with van der Waals surface area (Å²) in [5, 5.41) is 11.8. The number of carboxylic acids is 1. The average molecular weight is 235 g/mol. The number of carbonyl (C=O) groups is 1. The van der Waals surface area contributed by atoms with Gasteiger partial charge in [0.1, 0.15) is 6.04 Å². The van der Waals surface area contributed by atoms with Gasteiger partial charge in [-0.25, -0.2) is 0 Å². The maximum absolute atomic E-state index is 10.7. The predicted octanol–water partition coefficient (Wildman–Crippen LogP) is 1.36. The molecular formula is C13H17NO3. The highest BCUT2D eigenvalue weighted by molar-refractivity contribution is 5.72. The molecule has 1 aromatic carbocycles. The van der Waals surface area contributed by atoms with E-state index in [1.807, 2.05) is 18.2 Å². The van der Waals surface area contributed by atoms with Crippen molar-refractivity contribution in [1.29, 1.82) is 0 Å². The van der Waals surface area contributed by atoms with Crippen molar-refractivity contribution in [3.8, 4) is 0 Å². The quantitative estimate of drug-likeness (QED) is 0.827. The van der Waals surface area contributed by atoms with Crippen LogP contribution in [-0.4, -0.2) is 30.3 Å². The molecule has 0 aromatic heterocycles. The van der Waals surface area contributed by atoms with Crippen molar-refractivity contribution in [3.63, 3.8) is 0 Å². The maximum Gasteiger partial charge on any atom is 0.320 e. The zero-order valence-corrected chi connectivity index (χ0v) is 9.85. The number of hydrogen-bond donors (Lipinski definition) is 2. The van der Waals surface area contributed by atoms with E-state index in [1.165, 1.54) is 11.1 Å². The van der Waals surface area contributed by atoms with E-state index in [4.69, 9.17) is 9.84 Å². The molecule has 1 aromatic rings. The minimum Gasteiger partial charge on any atom is -0.480 e. The Morgan fingerprint density at radius 2 is 2.35 bits per heavy atom. The van der Waals surface area contributed by atoms with Gasteiger partial charge in [0, 0.05) is 6.54 Å². The van der Waals surface area contributed by atoms with Crippen LogP contribution in [0.4, 0.5) is 0 Å². The zero-order chi connectivity index (χ0) is 12.3. The first-order valence-corrected chi connectivity index (χ1v) is 5.84. The summed E-state index contributed by atoms with van der Waals surface area (Å²) in [6.07, 6.45) is 0.892. The summed E-state index contributed by atoms with van der Waals surface area (Å²) in [5.74, 6) is -0.839. The summed E-state index contributed by atoms with van der Waals surface area (Å²) in [6, 6.07) is 7.61. The standard InChI is InChI=1S/C13H17NO3/c1-9(13(15)16)14-8-12-11-5-3-2-4-10(11)6-7-17-12/h2-5,9,12,14H,6-8H2,1H3,(H,15,16)/t9-,12?/m1/s1. The lowest BCUT2D eigenvalue weighted by molar-refractivity contribution is -0.139. The minimum absolute atomic E-state index is 0.0400. The lowest BCUT2D eigenvalue weighted by atomic mass is 9.97. The summed E-state index contributed by atoms with van der Waals surface area (Å²) in [6.45, 7) is 2.87. The van der Waals surface area contributed by atoms with Crippen molar-refractivity contribution in [3.05, 3.63) is 35.4 Å². The van der Waals surface area contributed by atoms with Crippen molar-refractivity contribution in [1.82, 2.24) is 5.32 Å². The molecule has 1 aliphatic heterocycles. The second-order valence-corrected chi connectivity index (χ2v) is 4.28. The van der Waals surface area contributed by atoms with Crippen LogP contribution >= 0.6 is 0 Å². The third kappa shape index (κ3) is 2.84. The highest BCUT2D eigenvalue weighted by atomic mass is 16.5. The van der Waals surface area contributed by atoms with Gasteiger partial charge in [-0.1, -0.05) is 24.3 Å². The number of benzene rings is 1. The fraction of sp³-hybridized carbons (Fsp3) is 0.462. The third-order valence-electron chi connectivity index (χ3n) is 3.07. The molecule has 17 heavy (non-hydrogen) atoms. The Morgan fingerprint density at radius 1 is 1.59 bits per heavy atom. The summed E-state index contributed by atoms with van der Waals surface area (Å²) in [7, 11) is 0. The SMILES string of the molecule is C[C@@H](NCC1OCCc2ccccc21)C(=O)O. The molecule has 2 rings (SSSR count). The Bertz CT molecular complexity index is 405. The summed E-state index contributed by atoms with van der Waals surface area (Å²) < 4.78 is 5.68. The Hall–Kier alpha value is -1.39. The lowest BCUT2D eigenvalue weighted by Crippen LogP contribution is -2.38. The molecule has 0 amide bonds. The van der Waals surface area contributed by atoms with Crippen molar-refractivity contribution < 1.29 is 14.6 Å². The predicted molar refractivity (Wildman–Crippen MR) is 63.9 cm³/mol. The number of ether oxygens (including phenoxy) is 1. The van der Waals surface area contributed by atoms with Gasteiger partial charge < -0.3 is 15.2 Å². The van der Waals surface area contributed by atoms with E-state index in [-0.39, 0.29) is 6.10 Å². The number of fused-ring (bicyclic) bond motifs is 1. The minimum atomic E-state index is -0.839. The summed E-state index contributed by atoms with van der Waals surface area (Å²) >= 11 is 0. The number of aliphatic carboxylic acids is 1. The molecule has 0 bridgehead atoms. The van der Waals surface area contributed by atoms with Crippen LogP contribution in [0.3, 0.4) is 0 Å². The van der Waals surface area contributed by atoms with E-state index < -0.39 is 12.0 Å². The molecule has 0 saturated heterocycles. The van der Waals surface area contributed by atoms with Gasteiger partial charge in [0.25, 0.3) is 0 Å².